The van der Waals surface area contributed by atoms with Gasteiger partial charge in [-0.1, -0.05) is 0 Å². The molecule has 0 aliphatic heterocycles. The van der Waals surface area contributed by atoms with Gasteiger partial charge in [-0.3, -0.25) is 14.9 Å². The van der Waals surface area contributed by atoms with E-state index in [1.165, 1.54) is 12.1 Å². The van der Waals surface area contributed by atoms with E-state index in [2.05, 4.69) is 4.74 Å². The number of hydrogen-bond acceptors (Lipinski definition) is 4. The number of carbonyl (C=O) groups excluding carboxylic acids is 1. The van der Waals surface area contributed by atoms with Crippen molar-refractivity contribution in [1.29, 1.82) is 0 Å². The molecule has 0 atom stereocenters. The van der Waals surface area contributed by atoms with E-state index >= 15 is 0 Å². The lowest BCUT2D eigenvalue weighted by atomic mass is 10.1. The minimum Gasteiger partial charge on any atom is -0.496 e. The zero-order chi connectivity index (χ0) is 14.6. The molecule has 19 heavy (non-hydrogen) atoms. The van der Waals surface area contributed by atoms with Crippen LogP contribution in [0.3, 0.4) is 0 Å². The predicted octanol–water partition coefficient (Wildman–Crippen LogP) is 2.71. The van der Waals surface area contributed by atoms with E-state index in [0.717, 1.165) is 19.2 Å². The molecule has 0 aliphatic carbocycles. The van der Waals surface area contributed by atoms with Crippen molar-refractivity contribution >= 4 is 17.2 Å². The van der Waals surface area contributed by atoms with Crippen LogP contribution in [-0.4, -0.2) is 24.0 Å². The molecule has 1 aromatic carbocycles. The second-order valence-electron chi connectivity index (χ2n) is 3.38. The van der Waals surface area contributed by atoms with E-state index in [-0.39, 0.29) is 17.0 Å². The summed E-state index contributed by atoms with van der Waals surface area (Å²) >= 11 is 0. The SMILES string of the molecule is CO/C(=C\C(=O)C(F)(F)F)c1ccc([N+](=O)[O-])cc1. The number of alkyl halides is 3. The van der Waals surface area contributed by atoms with Gasteiger partial charge in [-0.25, -0.2) is 0 Å². The number of nitro groups is 1. The minimum absolute atomic E-state index is 0.130. The van der Waals surface area contributed by atoms with Crippen LogP contribution in [0.25, 0.3) is 5.76 Å². The van der Waals surface area contributed by atoms with Gasteiger partial charge >= 0.3 is 6.18 Å². The van der Waals surface area contributed by atoms with Gasteiger partial charge in [-0.15, -0.1) is 0 Å². The summed E-state index contributed by atoms with van der Waals surface area (Å²) in [6, 6.07) is 4.58. The van der Waals surface area contributed by atoms with Crippen molar-refractivity contribution in [1.82, 2.24) is 0 Å². The number of benzene rings is 1. The molecular weight excluding hydrogens is 267 g/mol. The topological polar surface area (TPSA) is 69.4 Å². The molecule has 8 heteroatoms. The van der Waals surface area contributed by atoms with Crippen molar-refractivity contribution in [3.63, 3.8) is 0 Å². The Hall–Kier alpha value is -2.38. The first-order valence-corrected chi connectivity index (χ1v) is 4.87. The highest BCUT2D eigenvalue weighted by Gasteiger charge is 2.37. The molecule has 0 unspecified atom stereocenters. The van der Waals surface area contributed by atoms with Crippen molar-refractivity contribution in [3.8, 4) is 0 Å². The van der Waals surface area contributed by atoms with E-state index in [1.807, 2.05) is 0 Å². The summed E-state index contributed by atoms with van der Waals surface area (Å²) < 4.78 is 41.0. The average Bonchev–Trinajstić information content (AvgIpc) is 2.34. The predicted molar refractivity (Wildman–Crippen MR) is 59.1 cm³/mol. The van der Waals surface area contributed by atoms with E-state index in [9.17, 15) is 28.1 Å². The van der Waals surface area contributed by atoms with Gasteiger partial charge in [-0.2, -0.15) is 13.2 Å². The van der Waals surface area contributed by atoms with Crippen LogP contribution in [0.2, 0.25) is 0 Å². The summed E-state index contributed by atoms with van der Waals surface area (Å²) in [5.74, 6) is -2.39. The highest BCUT2D eigenvalue weighted by molar-refractivity contribution is 5.99. The Labute approximate surface area is 105 Å². The van der Waals surface area contributed by atoms with Crippen LogP contribution in [0.5, 0.6) is 0 Å². The number of hydrogen-bond donors (Lipinski definition) is 0. The molecule has 5 nitrogen and oxygen atoms in total. The fraction of sp³-hybridized carbons (Fsp3) is 0.182. The minimum atomic E-state index is -5.00. The molecule has 0 radical (unpaired) electrons. The van der Waals surface area contributed by atoms with Gasteiger partial charge in [-0.05, 0) is 12.1 Å². The number of carbonyl (C=O) groups is 1. The second kappa shape index (κ2) is 5.51. The molecule has 0 heterocycles. The Kier molecular flexibility index (Phi) is 4.26. The normalized spacial score (nSPS) is 12.1. The highest BCUT2D eigenvalue weighted by Crippen LogP contribution is 2.23. The van der Waals surface area contributed by atoms with Crippen molar-refractivity contribution in [2.24, 2.45) is 0 Å². The van der Waals surface area contributed by atoms with Gasteiger partial charge in [0.2, 0.25) is 0 Å². The highest BCUT2D eigenvalue weighted by atomic mass is 19.4. The van der Waals surface area contributed by atoms with E-state index in [1.54, 1.807) is 0 Å². The summed E-state index contributed by atoms with van der Waals surface area (Å²) in [4.78, 5) is 20.6. The Morgan fingerprint density at radius 3 is 2.21 bits per heavy atom. The number of ether oxygens (including phenoxy) is 1. The number of nitrogens with zero attached hydrogens (tertiary/aromatic N) is 1. The van der Waals surface area contributed by atoms with Gasteiger partial charge in [0, 0.05) is 23.8 Å². The lowest BCUT2D eigenvalue weighted by molar-refractivity contribution is -0.384. The lowest BCUT2D eigenvalue weighted by Gasteiger charge is -2.07. The van der Waals surface area contributed by atoms with Gasteiger partial charge < -0.3 is 4.74 Å². The third-order valence-corrected chi connectivity index (χ3v) is 2.12. The Morgan fingerprint density at radius 1 is 1.32 bits per heavy atom. The third kappa shape index (κ3) is 3.80. The molecule has 0 fully saturated rings. The molecule has 0 spiro atoms. The van der Waals surface area contributed by atoms with Crippen LogP contribution >= 0.6 is 0 Å². The molecular formula is C11H8F3NO4. The van der Waals surface area contributed by atoms with Crippen molar-refractivity contribution < 1.29 is 27.6 Å². The second-order valence-corrected chi connectivity index (χ2v) is 3.38. The standard InChI is InChI=1S/C11H8F3NO4/c1-19-9(6-10(16)11(12,13)14)7-2-4-8(5-3-7)15(17)18/h2-6H,1H3/b9-6-. The van der Waals surface area contributed by atoms with Crippen LogP contribution < -0.4 is 0 Å². The van der Waals surface area contributed by atoms with Crippen LogP contribution in [0, 0.1) is 10.1 Å². The van der Waals surface area contributed by atoms with Crippen molar-refractivity contribution in [3.05, 3.63) is 46.0 Å². The molecule has 1 aromatic rings. The monoisotopic (exact) mass is 275 g/mol. The molecule has 0 saturated carbocycles. The number of rotatable bonds is 4. The van der Waals surface area contributed by atoms with Crippen LogP contribution in [0.1, 0.15) is 5.56 Å². The molecule has 1 rings (SSSR count). The fourth-order valence-electron chi connectivity index (χ4n) is 1.21. The molecule has 0 saturated heterocycles. The quantitative estimate of drug-likeness (QED) is 0.366. The van der Waals surface area contributed by atoms with Gasteiger partial charge in [0.1, 0.15) is 5.76 Å². The fourth-order valence-corrected chi connectivity index (χ4v) is 1.21. The summed E-state index contributed by atoms with van der Waals surface area (Å²) in [5.41, 5.74) is -0.0907. The maximum Gasteiger partial charge on any atom is 0.454 e. The Bertz CT molecular complexity index is 520. The number of non-ortho nitro benzene ring substituents is 1. The molecule has 0 N–H and O–H groups in total. The van der Waals surface area contributed by atoms with Crippen LogP contribution in [0.4, 0.5) is 18.9 Å². The van der Waals surface area contributed by atoms with Gasteiger partial charge in [0.15, 0.2) is 0 Å². The van der Waals surface area contributed by atoms with Crippen molar-refractivity contribution in [2.45, 2.75) is 6.18 Å². The number of ketones is 1. The number of allylic oxidation sites excluding steroid dienone is 1. The van der Waals surface area contributed by atoms with E-state index in [0.29, 0.717) is 6.08 Å². The van der Waals surface area contributed by atoms with Gasteiger partial charge in [0.25, 0.3) is 11.5 Å². The lowest BCUT2D eigenvalue weighted by Crippen LogP contribution is -2.20. The zero-order valence-corrected chi connectivity index (χ0v) is 9.60. The molecule has 0 aliphatic rings. The molecule has 102 valence electrons. The first kappa shape index (κ1) is 14.7. The molecule has 0 aromatic heterocycles. The third-order valence-electron chi connectivity index (χ3n) is 2.12. The summed E-state index contributed by atoms with van der Waals surface area (Å²) in [6.07, 6.45) is -4.70. The summed E-state index contributed by atoms with van der Waals surface area (Å²) in [7, 11) is 1.09. The van der Waals surface area contributed by atoms with Crippen LogP contribution in [0.15, 0.2) is 30.3 Å². The zero-order valence-electron chi connectivity index (χ0n) is 9.60. The summed E-state index contributed by atoms with van der Waals surface area (Å²) in [5, 5.41) is 10.4. The van der Waals surface area contributed by atoms with E-state index < -0.39 is 16.9 Å². The number of methoxy groups -OCH3 is 1. The molecule has 0 bridgehead atoms. The van der Waals surface area contributed by atoms with Crippen molar-refractivity contribution in [2.75, 3.05) is 7.11 Å². The van der Waals surface area contributed by atoms with E-state index in [4.69, 9.17) is 0 Å². The maximum atomic E-state index is 12.1. The number of nitro benzene ring substituents is 1. The molecule has 0 amide bonds. The average molecular weight is 275 g/mol. The first-order valence-electron chi connectivity index (χ1n) is 4.87. The first-order chi connectivity index (χ1) is 8.75. The Balaban J connectivity index is 3.07. The maximum absolute atomic E-state index is 12.1. The van der Waals surface area contributed by atoms with Gasteiger partial charge in [0.05, 0.1) is 12.0 Å². The van der Waals surface area contributed by atoms with Crippen LogP contribution in [-0.2, 0) is 9.53 Å². The largest absolute Gasteiger partial charge is 0.496 e. The Morgan fingerprint density at radius 2 is 1.84 bits per heavy atom. The summed E-state index contributed by atoms with van der Waals surface area (Å²) in [6.45, 7) is 0. The smallest absolute Gasteiger partial charge is 0.454 e. The number of halogens is 3.